The fraction of sp³-hybridized carbons (Fsp3) is 0.486. The van der Waals surface area contributed by atoms with Crippen molar-refractivity contribution < 1.29 is 33.4 Å². The minimum atomic E-state index is -1.10. The van der Waals surface area contributed by atoms with Crippen molar-refractivity contribution in [2.24, 2.45) is 17.6 Å². The standard InChI is InChI=1S/C35H46N6O8/c1-22(2)18-24-10-8-13-27-30(24)39-29(41(27)34(46)49-35(3,4)5)19-40-16-9-12-26(32(40)44)37-31(43)25(11-6-7-14-28(36)42)38-33(45)48-21-23-15-17-47-20-23/h7-10,12-14,16,22-23,25H,6,11,15,17-21H2,1-5H3,(H2,36,42)(H,37,43)(H,38,45)/b14-7+. The number of rotatable bonds is 13. The van der Waals surface area contributed by atoms with Crippen molar-refractivity contribution in [3.8, 4) is 0 Å². The monoisotopic (exact) mass is 678 g/mol. The third-order valence-corrected chi connectivity index (χ3v) is 7.62. The number of alkyl carbamates (subject to hydrolysis) is 1. The van der Waals surface area contributed by atoms with E-state index in [1.54, 1.807) is 32.9 Å². The van der Waals surface area contributed by atoms with E-state index in [2.05, 4.69) is 24.5 Å². The van der Waals surface area contributed by atoms with Crippen molar-refractivity contribution in [3.63, 3.8) is 0 Å². The molecule has 2 unspecified atom stereocenters. The lowest BCUT2D eigenvalue weighted by molar-refractivity contribution is -0.118. The SMILES string of the molecule is CC(C)Cc1cccc2c1nc(Cn1cccc(NC(=O)C(CC/C=C/C(N)=O)NC(=O)OCC3CCOC3)c1=O)n2C(=O)OC(C)(C)C. The summed E-state index contributed by atoms with van der Waals surface area (Å²) < 4.78 is 19.0. The summed E-state index contributed by atoms with van der Waals surface area (Å²) in [5.41, 5.74) is 5.94. The summed E-state index contributed by atoms with van der Waals surface area (Å²) in [6.07, 6.45) is 4.59. The Labute approximate surface area is 285 Å². The van der Waals surface area contributed by atoms with Crippen LogP contribution in [0.15, 0.2) is 53.5 Å². The highest BCUT2D eigenvalue weighted by Crippen LogP contribution is 2.25. The lowest BCUT2D eigenvalue weighted by atomic mass is 10.0. The first-order chi connectivity index (χ1) is 23.2. The molecular formula is C35H46N6O8. The van der Waals surface area contributed by atoms with Crippen LogP contribution in [-0.2, 0) is 36.8 Å². The molecule has 14 nitrogen and oxygen atoms in total. The predicted molar refractivity (Wildman–Crippen MR) is 183 cm³/mol. The fourth-order valence-electron chi connectivity index (χ4n) is 5.38. The zero-order chi connectivity index (χ0) is 35.7. The summed E-state index contributed by atoms with van der Waals surface area (Å²) in [4.78, 5) is 69.1. The van der Waals surface area contributed by atoms with Gasteiger partial charge in [0, 0.05) is 18.7 Å². The van der Waals surface area contributed by atoms with Crippen LogP contribution in [0.2, 0.25) is 0 Å². The number of carbonyl (C=O) groups is 4. The predicted octanol–water partition coefficient (Wildman–Crippen LogP) is 4.12. The molecule has 2 atom stereocenters. The Morgan fingerprint density at radius 3 is 2.61 bits per heavy atom. The number of nitrogens with one attached hydrogen (secondary N) is 2. The molecule has 2 aromatic heterocycles. The molecule has 0 bridgehead atoms. The number of hydrogen-bond acceptors (Lipinski definition) is 9. The first-order valence-corrected chi connectivity index (χ1v) is 16.4. The normalized spacial score (nSPS) is 15.4. The number of anilines is 1. The molecule has 0 aliphatic carbocycles. The number of amides is 3. The Bertz CT molecular complexity index is 1750. The number of hydrogen-bond donors (Lipinski definition) is 3. The second-order valence-corrected chi connectivity index (χ2v) is 13.5. The zero-order valence-corrected chi connectivity index (χ0v) is 28.7. The van der Waals surface area contributed by atoms with E-state index in [9.17, 15) is 24.0 Å². The Hall–Kier alpha value is -4.98. The maximum Gasteiger partial charge on any atom is 0.420 e. The minimum absolute atomic E-state index is 0.0520. The Kier molecular flexibility index (Phi) is 12.3. The van der Waals surface area contributed by atoms with Crippen LogP contribution in [0.25, 0.3) is 11.0 Å². The van der Waals surface area contributed by atoms with Crippen molar-refractivity contribution in [1.82, 2.24) is 19.4 Å². The van der Waals surface area contributed by atoms with Gasteiger partial charge in [-0.3, -0.25) is 14.4 Å². The second-order valence-electron chi connectivity index (χ2n) is 13.5. The largest absolute Gasteiger partial charge is 0.449 e. The Balaban J connectivity index is 1.59. The number of benzene rings is 1. The molecule has 3 aromatic rings. The first kappa shape index (κ1) is 36.8. The first-order valence-electron chi connectivity index (χ1n) is 16.4. The van der Waals surface area contributed by atoms with Crippen molar-refractivity contribution in [2.75, 3.05) is 25.1 Å². The van der Waals surface area contributed by atoms with Crippen molar-refractivity contribution in [2.45, 2.75) is 78.5 Å². The second kappa shape index (κ2) is 16.4. The maximum atomic E-state index is 13.7. The Morgan fingerprint density at radius 2 is 1.94 bits per heavy atom. The van der Waals surface area contributed by atoms with E-state index in [4.69, 9.17) is 24.9 Å². The number of primary amides is 1. The molecule has 3 heterocycles. The van der Waals surface area contributed by atoms with Crippen LogP contribution in [0.1, 0.15) is 65.3 Å². The molecule has 1 saturated heterocycles. The van der Waals surface area contributed by atoms with Crippen LogP contribution in [0.3, 0.4) is 0 Å². The van der Waals surface area contributed by atoms with Gasteiger partial charge in [0.25, 0.3) is 5.56 Å². The van der Waals surface area contributed by atoms with Gasteiger partial charge < -0.3 is 35.1 Å². The number of allylic oxidation sites excluding steroid dienone is 1. The summed E-state index contributed by atoms with van der Waals surface area (Å²) in [7, 11) is 0. The summed E-state index contributed by atoms with van der Waals surface area (Å²) in [6, 6.07) is 7.54. The van der Waals surface area contributed by atoms with Gasteiger partial charge in [0.2, 0.25) is 11.8 Å². The molecule has 1 fully saturated rings. The van der Waals surface area contributed by atoms with Gasteiger partial charge in [-0.05, 0) is 82.2 Å². The molecule has 49 heavy (non-hydrogen) atoms. The maximum absolute atomic E-state index is 13.7. The lowest BCUT2D eigenvalue weighted by Crippen LogP contribution is -2.45. The number of nitrogens with two attached hydrogens (primary N) is 1. The average molecular weight is 679 g/mol. The highest BCUT2D eigenvalue weighted by atomic mass is 16.6. The quantitative estimate of drug-likeness (QED) is 0.224. The van der Waals surface area contributed by atoms with Crippen LogP contribution < -0.4 is 21.9 Å². The van der Waals surface area contributed by atoms with Crippen LogP contribution in [0.4, 0.5) is 15.3 Å². The van der Waals surface area contributed by atoms with E-state index in [1.807, 2.05) is 12.1 Å². The van der Waals surface area contributed by atoms with Gasteiger partial charge >= 0.3 is 12.2 Å². The van der Waals surface area contributed by atoms with Crippen LogP contribution in [0, 0.1) is 11.8 Å². The molecule has 1 aromatic carbocycles. The summed E-state index contributed by atoms with van der Waals surface area (Å²) in [5.74, 6) is -0.618. The Morgan fingerprint density at radius 1 is 1.16 bits per heavy atom. The van der Waals surface area contributed by atoms with Crippen LogP contribution in [0.5, 0.6) is 0 Å². The molecule has 264 valence electrons. The van der Waals surface area contributed by atoms with Gasteiger partial charge in [-0.15, -0.1) is 0 Å². The molecule has 14 heteroatoms. The molecule has 4 N–H and O–H groups in total. The van der Waals surface area contributed by atoms with E-state index in [0.29, 0.717) is 30.2 Å². The summed E-state index contributed by atoms with van der Waals surface area (Å²) >= 11 is 0. The number of pyridine rings is 1. The van der Waals surface area contributed by atoms with E-state index in [1.165, 1.54) is 33.5 Å². The van der Waals surface area contributed by atoms with E-state index < -0.39 is 41.2 Å². The summed E-state index contributed by atoms with van der Waals surface area (Å²) in [5, 5.41) is 5.17. The zero-order valence-electron chi connectivity index (χ0n) is 28.7. The molecule has 3 amide bonds. The number of ether oxygens (including phenoxy) is 3. The van der Waals surface area contributed by atoms with Crippen molar-refractivity contribution >= 4 is 40.7 Å². The van der Waals surface area contributed by atoms with Crippen molar-refractivity contribution in [1.29, 1.82) is 0 Å². The highest BCUT2D eigenvalue weighted by molar-refractivity contribution is 5.96. The molecule has 0 saturated carbocycles. The van der Waals surface area contributed by atoms with E-state index in [0.717, 1.165) is 18.4 Å². The third kappa shape index (κ3) is 10.5. The molecule has 0 spiro atoms. The molecule has 1 aliphatic rings. The lowest BCUT2D eigenvalue weighted by Gasteiger charge is -2.21. The molecule has 4 rings (SSSR count). The summed E-state index contributed by atoms with van der Waals surface area (Å²) in [6.45, 7) is 10.6. The van der Waals surface area contributed by atoms with Crippen LogP contribution in [-0.4, -0.2) is 69.6 Å². The minimum Gasteiger partial charge on any atom is -0.449 e. The smallest absolute Gasteiger partial charge is 0.420 e. The number of carbonyl (C=O) groups excluding carboxylic acids is 4. The van der Waals surface area contributed by atoms with Gasteiger partial charge in [0.1, 0.15) is 23.2 Å². The van der Waals surface area contributed by atoms with Crippen molar-refractivity contribution in [3.05, 3.63) is 70.4 Å². The molecule has 1 aliphatic heterocycles. The van der Waals surface area contributed by atoms with E-state index >= 15 is 0 Å². The number of nitrogens with zero attached hydrogens (tertiary/aromatic N) is 3. The van der Waals surface area contributed by atoms with Gasteiger partial charge in [-0.25, -0.2) is 19.1 Å². The fourth-order valence-corrected chi connectivity index (χ4v) is 5.38. The average Bonchev–Trinajstić information content (AvgIpc) is 3.67. The molecular weight excluding hydrogens is 632 g/mol. The molecule has 0 radical (unpaired) electrons. The van der Waals surface area contributed by atoms with Gasteiger partial charge in [-0.1, -0.05) is 32.1 Å². The van der Waals surface area contributed by atoms with Gasteiger partial charge in [0.05, 0.1) is 30.8 Å². The number of aromatic nitrogens is 3. The topological polar surface area (TPSA) is 186 Å². The van der Waals surface area contributed by atoms with Gasteiger partial charge in [-0.2, -0.15) is 0 Å². The number of fused-ring (bicyclic) bond motifs is 1. The van der Waals surface area contributed by atoms with E-state index in [-0.39, 0.29) is 43.4 Å². The van der Waals surface area contributed by atoms with Crippen LogP contribution >= 0.6 is 0 Å². The number of para-hydroxylation sites is 1. The van der Waals surface area contributed by atoms with Gasteiger partial charge in [0.15, 0.2) is 0 Å². The third-order valence-electron chi connectivity index (χ3n) is 7.62. The number of imidazole rings is 1. The highest BCUT2D eigenvalue weighted by Gasteiger charge is 2.26.